The highest BCUT2D eigenvalue weighted by atomic mass is 35.5. The Hall–Kier alpha value is -0.810. The number of hydrogen-bond acceptors (Lipinski definition) is 3. The molecule has 0 aromatic heterocycles. The third kappa shape index (κ3) is 6.25. The van der Waals surface area contributed by atoms with Gasteiger partial charge in [-0.05, 0) is 24.1 Å². The van der Waals surface area contributed by atoms with Crippen LogP contribution in [0, 0.1) is 0 Å². The minimum absolute atomic E-state index is 0.122. The van der Waals surface area contributed by atoms with E-state index in [2.05, 4.69) is 5.32 Å². The molecule has 1 rings (SSSR count). The van der Waals surface area contributed by atoms with Gasteiger partial charge in [0.25, 0.3) is 0 Å². The lowest BCUT2D eigenvalue weighted by Crippen LogP contribution is -2.29. The molecule has 2 N–H and O–H groups in total. The molecule has 0 saturated heterocycles. The van der Waals surface area contributed by atoms with Crippen molar-refractivity contribution in [3.63, 3.8) is 0 Å². The molecule has 4 nitrogen and oxygen atoms in total. The van der Waals surface area contributed by atoms with Crippen molar-refractivity contribution in [3.8, 4) is 0 Å². The highest BCUT2D eigenvalue weighted by Crippen LogP contribution is 2.22. The molecule has 1 aromatic carbocycles. The molecule has 0 aliphatic carbocycles. The van der Waals surface area contributed by atoms with Gasteiger partial charge >= 0.3 is 0 Å². The van der Waals surface area contributed by atoms with Crippen molar-refractivity contribution in [2.24, 2.45) is 0 Å². The summed E-state index contributed by atoms with van der Waals surface area (Å²) >= 11 is 11.7. The van der Waals surface area contributed by atoms with Crippen molar-refractivity contribution in [1.82, 2.24) is 5.32 Å². The fourth-order valence-corrected chi connectivity index (χ4v) is 1.87. The van der Waals surface area contributed by atoms with Gasteiger partial charge in [0.15, 0.2) is 0 Å². The van der Waals surface area contributed by atoms with E-state index >= 15 is 0 Å². The summed E-state index contributed by atoms with van der Waals surface area (Å²) < 4.78 is 4.79. The van der Waals surface area contributed by atoms with E-state index in [0.29, 0.717) is 23.0 Å². The second-order valence-corrected chi connectivity index (χ2v) is 4.99. The third-order valence-electron chi connectivity index (χ3n) is 2.51. The van der Waals surface area contributed by atoms with Crippen molar-refractivity contribution in [2.45, 2.75) is 18.9 Å². The predicted octanol–water partition coefficient (Wildman–Crippen LogP) is 2.05. The van der Waals surface area contributed by atoms with Gasteiger partial charge in [-0.2, -0.15) is 0 Å². The largest absolute Gasteiger partial charge is 0.391 e. The number of rotatable bonds is 7. The van der Waals surface area contributed by atoms with Crippen LogP contribution in [0.1, 0.15) is 12.0 Å². The molecule has 1 amide bonds. The molecule has 1 atom stereocenters. The number of amides is 1. The first kappa shape index (κ1) is 16.2. The molecular weight excluding hydrogens is 289 g/mol. The monoisotopic (exact) mass is 305 g/mol. The fraction of sp³-hybridized carbons (Fsp3) is 0.462. The van der Waals surface area contributed by atoms with Crippen LogP contribution >= 0.6 is 23.2 Å². The van der Waals surface area contributed by atoms with Crippen molar-refractivity contribution in [1.29, 1.82) is 0 Å². The van der Waals surface area contributed by atoms with Crippen molar-refractivity contribution in [3.05, 3.63) is 33.8 Å². The maximum atomic E-state index is 11.6. The van der Waals surface area contributed by atoms with Crippen LogP contribution < -0.4 is 5.32 Å². The van der Waals surface area contributed by atoms with Gasteiger partial charge in [0, 0.05) is 13.7 Å². The molecule has 0 aliphatic rings. The SMILES string of the molecule is COCC(O)CCNC(=O)Cc1ccc(Cl)c(Cl)c1. The van der Waals surface area contributed by atoms with Crippen LogP contribution in [-0.2, 0) is 16.0 Å². The first-order valence-corrected chi connectivity index (χ1v) is 6.66. The van der Waals surface area contributed by atoms with Crippen LogP contribution in [0.25, 0.3) is 0 Å². The number of nitrogens with one attached hydrogen (secondary N) is 1. The van der Waals surface area contributed by atoms with Crippen molar-refractivity contribution < 1.29 is 14.6 Å². The molecule has 0 saturated carbocycles. The minimum atomic E-state index is -0.560. The normalized spacial score (nSPS) is 12.2. The topological polar surface area (TPSA) is 58.6 Å². The molecule has 0 fully saturated rings. The van der Waals surface area contributed by atoms with E-state index in [-0.39, 0.29) is 18.9 Å². The van der Waals surface area contributed by atoms with E-state index in [1.807, 2.05) is 0 Å². The Kier molecular flexibility index (Phi) is 7.16. The van der Waals surface area contributed by atoms with E-state index in [1.165, 1.54) is 7.11 Å². The van der Waals surface area contributed by atoms with Crippen LogP contribution in [0.2, 0.25) is 10.0 Å². The molecule has 19 heavy (non-hydrogen) atoms. The molecule has 0 radical (unpaired) electrons. The first-order valence-electron chi connectivity index (χ1n) is 5.90. The summed E-state index contributed by atoms with van der Waals surface area (Å²) in [6, 6.07) is 5.09. The predicted molar refractivity (Wildman–Crippen MR) is 75.7 cm³/mol. The Labute approximate surface area is 122 Å². The smallest absolute Gasteiger partial charge is 0.224 e. The number of methoxy groups -OCH3 is 1. The van der Waals surface area contributed by atoms with E-state index < -0.39 is 6.10 Å². The average molecular weight is 306 g/mol. The van der Waals surface area contributed by atoms with E-state index in [1.54, 1.807) is 18.2 Å². The maximum Gasteiger partial charge on any atom is 0.224 e. The van der Waals surface area contributed by atoms with Crippen LogP contribution in [0.5, 0.6) is 0 Å². The van der Waals surface area contributed by atoms with Gasteiger partial charge < -0.3 is 15.2 Å². The zero-order chi connectivity index (χ0) is 14.3. The standard InChI is InChI=1S/C13H17Cl2NO3/c1-19-8-10(17)4-5-16-13(18)7-9-2-3-11(14)12(15)6-9/h2-3,6,10,17H,4-5,7-8H2,1H3,(H,16,18). The summed E-state index contributed by atoms with van der Waals surface area (Å²) in [6.07, 6.45) is 0.133. The van der Waals surface area contributed by atoms with Gasteiger partial charge in [-0.1, -0.05) is 29.3 Å². The number of halogens is 2. The molecule has 0 bridgehead atoms. The lowest BCUT2D eigenvalue weighted by Gasteiger charge is -2.10. The van der Waals surface area contributed by atoms with Gasteiger partial charge in [-0.15, -0.1) is 0 Å². The summed E-state index contributed by atoms with van der Waals surface area (Å²) in [4.78, 5) is 11.6. The number of ether oxygens (including phenoxy) is 1. The first-order chi connectivity index (χ1) is 9.02. The Balaban J connectivity index is 2.33. The van der Waals surface area contributed by atoms with Gasteiger partial charge in [-0.25, -0.2) is 0 Å². The summed E-state index contributed by atoms with van der Waals surface area (Å²) in [5.74, 6) is -0.122. The summed E-state index contributed by atoms with van der Waals surface area (Å²) in [5, 5.41) is 13.0. The lowest BCUT2D eigenvalue weighted by atomic mass is 10.1. The van der Waals surface area contributed by atoms with E-state index in [4.69, 9.17) is 27.9 Å². The number of benzene rings is 1. The molecule has 1 unspecified atom stereocenters. The number of carbonyl (C=O) groups is 1. The second kappa shape index (κ2) is 8.38. The number of carbonyl (C=O) groups excluding carboxylic acids is 1. The van der Waals surface area contributed by atoms with Gasteiger partial charge in [-0.3, -0.25) is 4.79 Å². The molecular formula is C13H17Cl2NO3. The molecule has 6 heteroatoms. The lowest BCUT2D eigenvalue weighted by molar-refractivity contribution is -0.120. The minimum Gasteiger partial charge on any atom is -0.391 e. The number of aliphatic hydroxyl groups excluding tert-OH is 1. The molecule has 0 spiro atoms. The Morgan fingerprint density at radius 3 is 2.79 bits per heavy atom. The molecule has 1 aromatic rings. The quantitative estimate of drug-likeness (QED) is 0.810. The second-order valence-electron chi connectivity index (χ2n) is 4.17. The number of hydrogen-bond donors (Lipinski definition) is 2. The Morgan fingerprint density at radius 2 is 2.16 bits per heavy atom. The van der Waals surface area contributed by atoms with Crippen LogP contribution in [0.15, 0.2) is 18.2 Å². The van der Waals surface area contributed by atoms with E-state index in [0.717, 1.165) is 5.56 Å². The summed E-state index contributed by atoms with van der Waals surface area (Å²) in [6.45, 7) is 0.674. The molecule has 0 heterocycles. The van der Waals surface area contributed by atoms with Crippen LogP contribution in [0.4, 0.5) is 0 Å². The average Bonchev–Trinajstić information content (AvgIpc) is 2.34. The summed E-state index contributed by atoms with van der Waals surface area (Å²) in [7, 11) is 1.52. The Morgan fingerprint density at radius 1 is 1.42 bits per heavy atom. The third-order valence-corrected chi connectivity index (χ3v) is 3.25. The Bertz CT molecular complexity index is 426. The molecule has 0 aliphatic heterocycles. The van der Waals surface area contributed by atoms with Crippen molar-refractivity contribution >= 4 is 29.1 Å². The zero-order valence-electron chi connectivity index (χ0n) is 10.7. The van der Waals surface area contributed by atoms with Gasteiger partial charge in [0.1, 0.15) is 0 Å². The highest BCUT2D eigenvalue weighted by molar-refractivity contribution is 6.42. The summed E-state index contributed by atoms with van der Waals surface area (Å²) in [5.41, 5.74) is 0.796. The van der Waals surface area contributed by atoms with Crippen LogP contribution in [0.3, 0.4) is 0 Å². The van der Waals surface area contributed by atoms with Crippen molar-refractivity contribution in [2.75, 3.05) is 20.3 Å². The highest BCUT2D eigenvalue weighted by Gasteiger charge is 2.07. The van der Waals surface area contributed by atoms with Gasteiger partial charge in [0.05, 0.1) is 29.2 Å². The molecule has 106 valence electrons. The van der Waals surface area contributed by atoms with E-state index in [9.17, 15) is 9.90 Å². The van der Waals surface area contributed by atoms with Gasteiger partial charge in [0.2, 0.25) is 5.91 Å². The van der Waals surface area contributed by atoms with Crippen LogP contribution in [-0.4, -0.2) is 37.4 Å². The zero-order valence-corrected chi connectivity index (χ0v) is 12.2. The fourth-order valence-electron chi connectivity index (χ4n) is 1.55. The number of aliphatic hydroxyl groups is 1. The maximum absolute atomic E-state index is 11.6.